The fourth-order valence-electron chi connectivity index (χ4n) is 4.67. The van der Waals surface area contributed by atoms with Crippen molar-refractivity contribution in [2.24, 2.45) is 0 Å². The molecule has 0 unspecified atom stereocenters. The average molecular weight is 665 g/mol. The molecule has 2 heterocycles. The number of carbonyl (C=O) groups excluding carboxylic acids is 1. The van der Waals surface area contributed by atoms with Crippen molar-refractivity contribution in [3.05, 3.63) is 109 Å². The van der Waals surface area contributed by atoms with Gasteiger partial charge in [0.25, 0.3) is 0 Å². The molecule has 187 valence electrons. The van der Waals surface area contributed by atoms with Crippen molar-refractivity contribution in [1.82, 2.24) is 0 Å². The number of para-hydroxylation sites is 1. The summed E-state index contributed by atoms with van der Waals surface area (Å²) in [4.78, 5) is 10.0. The van der Waals surface area contributed by atoms with Gasteiger partial charge in [-0.15, -0.1) is 17.7 Å². The summed E-state index contributed by atoms with van der Waals surface area (Å²) in [5, 5.41) is 14.3. The number of benzene rings is 4. The second-order valence-electron chi connectivity index (χ2n) is 8.93. The van der Waals surface area contributed by atoms with Gasteiger partial charge >= 0.3 is 0 Å². The number of aliphatic hydroxyl groups excluding tert-OH is 1. The van der Waals surface area contributed by atoms with Gasteiger partial charge < -0.3 is 14.1 Å². The summed E-state index contributed by atoms with van der Waals surface area (Å²) in [6.45, 7) is 4.92. The van der Waals surface area contributed by atoms with E-state index in [1.807, 2.05) is 22.8 Å². The molecular weight excluding hydrogens is 639 g/mol. The average Bonchev–Trinajstić information content (AvgIpc) is 3.22. The normalized spacial score (nSPS) is 11.4. The molecule has 0 atom stereocenters. The first-order valence-corrected chi connectivity index (χ1v) is 11.7. The Balaban J connectivity index is 0.000000356. The predicted molar refractivity (Wildman–Crippen MR) is 146 cm³/mol. The van der Waals surface area contributed by atoms with Gasteiger partial charge in [-0.25, -0.2) is 0 Å². The van der Waals surface area contributed by atoms with Crippen molar-refractivity contribution in [2.45, 2.75) is 20.8 Å². The standard InChI is InChI=1S/C27H18NO.C5H8O2.Ir/c1-17-15-22-21-9-5-6-10-26(21)29-27(22)23(16-17)25-14-12-20-19-8-4-3-7-18(19)11-13-24(20)28(25)2;1-4(6)3-5(2)7;/h3-15H,2H2,1H3;3,6H,1-2H3;/q-1;;/b;4-3-;. The molecule has 5 heteroatoms. The van der Waals surface area contributed by atoms with Gasteiger partial charge in [-0.05, 0) is 53.8 Å². The number of nitrogens with zero attached hydrogens (tertiary/aromatic N) is 1. The van der Waals surface area contributed by atoms with Gasteiger partial charge in [0.2, 0.25) is 0 Å². The Hall–Kier alpha value is -3.92. The predicted octanol–water partition coefficient (Wildman–Crippen LogP) is 7.63. The molecule has 0 aliphatic heterocycles. The molecule has 0 spiro atoms. The van der Waals surface area contributed by atoms with Gasteiger partial charge in [-0.2, -0.15) is 0 Å². The topological polar surface area (TPSA) is 54.3 Å². The molecule has 4 aromatic carbocycles. The van der Waals surface area contributed by atoms with Crippen molar-refractivity contribution in [2.75, 3.05) is 0 Å². The van der Waals surface area contributed by atoms with Crippen LogP contribution in [-0.4, -0.2) is 10.9 Å². The van der Waals surface area contributed by atoms with Crippen LogP contribution in [0, 0.1) is 20.0 Å². The fourth-order valence-corrected chi connectivity index (χ4v) is 4.67. The van der Waals surface area contributed by atoms with E-state index in [4.69, 9.17) is 9.52 Å². The fraction of sp³-hybridized carbons (Fsp3) is 0.0938. The zero-order valence-corrected chi connectivity index (χ0v) is 23.2. The van der Waals surface area contributed by atoms with E-state index in [0.29, 0.717) is 0 Å². The van der Waals surface area contributed by atoms with Crippen molar-refractivity contribution < 1.29 is 39.0 Å². The Bertz CT molecular complexity index is 1810. The minimum absolute atomic E-state index is 0. The molecule has 1 N–H and O–H groups in total. The number of carbonyl (C=O) groups is 1. The van der Waals surface area contributed by atoms with Crippen LogP contribution in [0.3, 0.4) is 0 Å². The second kappa shape index (κ2) is 10.6. The molecule has 2 aromatic heterocycles. The minimum Gasteiger partial charge on any atom is -0.512 e. The molecule has 0 fully saturated rings. The van der Waals surface area contributed by atoms with Crippen molar-refractivity contribution in [3.8, 4) is 11.3 Å². The van der Waals surface area contributed by atoms with E-state index in [0.717, 1.165) is 44.3 Å². The third kappa shape index (κ3) is 5.01. The first-order valence-electron chi connectivity index (χ1n) is 11.7. The van der Waals surface area contributed by atoms with E-state index in [9.17, 15) is 4.79 Å². The molecule has 37 heavy (non-hydrogen) atoms. The smallest absolute Gasteiger partial charge is 0.155 e. The molecule has 0 amide bonds. The Morgan fingerprint density at radius 3 is 2.32 bits per heavy atom. The number of hydrogen-bond donors (Lipinski definition) is 1. The molecule has 4 nitrogen and oxygen atoms in total. The third-order valence-electron chi connectivity index (χ3n) is 6.15. The molecule has 0 saturated carbocycles. The number of furan rings is 1. The van der Waals surface area contributed by atoms with Crippen LogP contribution in [0.15, 0.2) is 95.1 Å². The molecule has 1 radical (unpaired) electrons. The van der Waals surface area contributed by atoms with Crippen LogP contribution >= 0.6 is 0 Å². The Morgan fingerprint density at radius 2 is 1.62 bits per heavy atom. The quantitative estimate of drug-likeness (QED) is 0.0681. The van der Waals surface area contributed by atoms with Crippen LogP contribution < -0.4 is 4.57 Å². The summed E-state index contributed by atoms with van der Waals surface area (Å²) in [6, 6.07) is 30.9. The van der Waals surface area contributed by atoms with Crippen LogP contribution in [0.25, 0.3) is 54.9 Å². The summed E-state index contributed by atoms with van der Waals surface area (Å²) < 4.78 is 8.26. The largest absolute Gasteiger partial charge is 0.512 e. The van der Waals surface area contributed by atoms with E-state index in [2.05, 4.69) is 80.7 Å². The molecule has 0 saturated heterocycles. The van der Waals surface area contributed by atoms with E-state index in [1.54, 1.807) is 0 Å². The Morgan fingerprint density at radius 1 is 0.919 bits per heavy atom. The summed E-state index contributed by atoms with van der Waals surface area (Å²) in [5.41, 5.74) is 5.85. The van der Waals surface area contributed by atoms with Crippen LogP contribution in [0.4, 0.5) is 0 Å². The molecule has 6 aromatic rings. The summed E-state index contributed by atoms with van der Waals surface area (Å²) in [6.07, 6.45) is 1.17. The number of ketones is 1. The van der Waals surface area contributed by atoms with Crippen molar-refractivity contribution in [3.63, 3.8) is 0 Å². The first-order chi connectivity index (χ1) is 17.3. The van der Waals surface area contributed by atoms with Crippen LogP contribution in [-0.2, 0) is 24.9 Å². The maximum absolute atomic E-state index is 10.0. The Kier molecular flexibility index (Phi) is 7.49. The maximum atomic E-state index is 10.0. The van der Waals surface area contributed by atoms with Crippen LogP contribution in [0.2, 0.25) is 0 Å². The monoisotopic (exact) mass is 665 g/mol. The van der Waals surface area contributed by atoms with E-state index in [-0.39, 0.29) is 31.6 Å². The number of aryl methyl sites for hydroxylation is 1. The zero-order valence-electron chi connectivity index (χ0n) is 20.8. The van der Waals surface area contributed by atoms with Crippen LogP contribution in [0.1, 0.15) is 19.4 Å². The van der Waals surface area contributed by atoms with E-state index in [1.165, 1.54) is 36.1 Å². The minimum atomic E-state index is -0.125. The first kappa shape index (κ1) is 26.2. The SMILES string of the molecule is CC(=O)/C=C(/C)O.[CH2-][n+]1c(-c2[c-]c(C)cc3c2oc2ccccc23)ccc2c3ccccc3ccc21.[Ir]. The second-order valence-corrected chi connectivity index (χ2v) is 8.93. The Labute approximate surface area is 229 Å². The molecule has 0 aliphatic rings. The van der Waals surface area contributed by atoms with Crippen molar-refractivity contribution in [1.29, 1.82) is 0 Å². The summed E-state index contributed by atoms with van der Waals surface area (Å²) in [7, 11) is 4.38. The van der Waals surface area contributed by atoms with Gasteiger partial charge in [0.05, 0.1) is 11.3 Å². The van der Waals surface area contributed by atoms with Gasteiger partial charge in [-0.3, -0.25) is 4.79 Å². The molecule has 6 rings (SSSR count). The number of aromatic nitrogens is 1. The number of hydrogen-bond acceptors (Lipinski definition) is 3. The van der Waals surface area contributed by atoms with Gasteiger partial charge in [-0.1, -0.05) is 66.9 Å². The molecule has 0 aliphatic carbocycles. The third-order valence-corrected chi connectivity index (χ3v) is 6.15. The number of pyridine rings is 1. The van der Waals surface area contributed by atoms with Crippen LogP contribution in [0.5, 0.6) is 0 Å². The summed E-state index contributed by atoms with van der Waals surface area (Å²) in [5.74, 6) is -0.0625. The van der Waals surface area contributed by atoms with E-state index >= 15 is 0 Å². The zero-order chi connectivity index (χ0) is 25.4. The number of rotatable bonds is 2. The van der Waals surface area contributed by atoms with E-state index < -0.39 is 0 Å². The molecule has 0 bridgehead atoms. The number of fused-ring (bicyclic) bond motifs is 6. The van der Waals surface area contributed by atoms with Crippen molar-refractivity contribution >= 4 is 49.4 Å². The summed E-state index contributed by atoms with van der Waals surface area (Å²) >= 11 is 0. The van der Waals surface area contributed by atoms with Gasteiger partial charge in [0.1, 0.15) is 16.8 Å². The van der Waals surface area contributed by atoms with Gasteiger partial charge in [0.15, 0.2) is 5.78 Å². The number of aliphatic hydroxyl groups is 1. The number of allylic oxidation sites excluding steroid dienone is 2. The maximum Gasteiger partial charge on any atom is 0.155 e. The molecular formula is C32H26IrNO3-. The van der Waals surface area contributed by atoms with Gasteiger partial charge in [0, 0.05) is 38.6 Å².